The second-order valence-electron chi connectivity index (χ2n) is 16.1. The van der Waals surface area contributed by atoms with Crippen LogP contribution in [-0.4, -0.2) is 90.0 Å². The Balaban J connectivity index is 1.27. The average Bonchev–Trinajstić information content (AvgIpc) is 3.94. The summed E-state index contributed by atoms with van der Waals surface area (Å²) in [5, 5.41) is 6.46. The molecule has 3 N–H and O–H groups in total. The molecule has 2 aromatic heterocycles. The minimum Gasteiger partial charge on any atom is -0.497 e. The molecule has 0 bridgehead atoms. The first-order valence-electron chi connectivity index (χ1n) is 21.4. The van der Waals surface area contributed by atoms with Gasteiger partial charge in [0.1, 0.15) is 47.8 Å². The smallest absolute Gasteiger partial charge is 0.406 e. The number of rotatable bonds is 19. The number of H-pyrrole nitrogens is 2. The lowest BCUT2D eigenvalue weighted by molar-refractivity contribution is -0.142. The molecule has 0 amide bonds. The van der Waals surface area contributed by atoms with E-state index in [1.54, 1.807) is 38.5 Å². The molecule has 8 atom stereocenters. The minimum absolute atomic E-state index is 0.0307. The summed E-state index contributed by atoms with van der Waals surface area (Å²) >= 11 is 0. The molecule has 1 unspecified atom stereocenters. The van der Waals surface area contributed by atoms with Gasteiger partial charge in [0, 0.05) is 41.3 Å². The van der Waals surface area contributed by atoms with Gasteiger partial charge in [-0.3, -0.25) is 42.5 Å². The number of hydrogen-bond donors (Lipinski definition) is 3. The van der Waals surface area contributed by atoms with Crippen molar-refractivity contribution in [1.29, 1.82) is 0 Å². The molecule has 68 heavy (non-hydrogen) atoms. The lowest BCUT2D eigenvalue weighted by Crippen LogP contribution is -2.40. The summed E-state index contributed by atoms with van der Waals surface area (Å²) in [6.45, 7) is 3.53. The molecule has 23 heteroatoms. The van der Waals surface area contributed by atoms with Crippen LogP contribution in [-0.2, 0) is 43.0 Å². The molecule has 2 fully saturated rings. The number of benzene rings is 3. The van der Waals surface area contributed by atoms with E-state index in [9.17, 15) is 29.5 Å². The Morgan fingerprint density at radius 1 is 0.809 bits per heavy atom. The van der Waals surface area contributed by atoms with Gasteiger partial charge in [0.15, 0.2) is 0 Å². The number of azide groups is 1. The third-order valence-electron chi connectivity index (χ3n) is 11.7. The highest BCUT2D eigenvalue weighted by Crippen LogP contribution is 2.51. The second-order valence-corrected chi connectivity index (χ2v) is 17.8. The zero-order valence-electron chi connectivity index (χ0n) is 37.9. The van der Waals surface area contributed by atoms with Gasteiger partial charge in [-0.2, -0.15) is 0 Å². The molecule has 2 saturated heterocycles. The Hall–Kier alpha value is -6.61. The van der Waals surface area contributed by atoms with Crippen molar-refractivity contribution < 1.29 is 46.8 Å². The number of carbonyl (C=O) groups is 1. The van der Waals surface area contributed by atoms with Crippen LogP contribution in [0.3, 0.4) is 0 Å². The Kier molecular flexibility index (Phi) is 15.3. The van der Waals surface area contributed by atoms with Crippen LogP contribution in [0.15, 0.2) is 116 Å². The van der Waals surface area contributed by atoms with E-state index < -0.39 is 91.3 Å². The normalized spacial score (nSPS) is 21.6. The first-order valence-corrected chi connectivity index (χ1v) is 22.9. The molecule has 360 valence electrons. The number of ether oxygens (including phenoxy) is 6. The second kappa shape index (κ2) is 21.1. The number of nitrogens with one attached hydrogen (secondary N) is 3. The monoisotopic (exact) mass is 958 g/mol. The zero-order chi connectivity index (χ0) is 48.8. The van der Waals surface area contributed by atoms with Crippen molar-refractivity contribution in [3.8, 4) is 11.5 Å². The maximum Gasteiger partial charge on any atom is 0.406 e. The molecule has 2 aliphatic heterocycles. The molecule has 22 nitrogen and oxygen atoms in total. The lowest BCUT2D eigenvalue weighted by atomic mass is 9.80. The van der Waals surface area contributed by atoms with Gasteiger partial charge >= 0.3 is 25.1 Å². The van der Waals surface area contributed by atoms with Gasteiger partial charge in [-0.25, -0.2) is 19.2 Å². The Morgan fingerprint density at radius 2 is 1.32 bits per heavy atom. The lowest BCUT2D eigenvalue weighted by Gasteiger charge is -2.37. The number of nitrogens with zero attached hydrogens (tertiary/aromatic N) is 5. The summed E-state index contributed by atoms with van der Waals surface area (Å²) in [5.41, 5.74) is 7.84. The highest BCUT2D eigenvalue weighted by molar-refractivity contribution is 7.51. The largest absolute Gasteiger partial charge is 0.497 e. The first-order chi connectivity index (χ1) is 32.6. The van der Waals surface area contributed by atoms with E-state index in [2.05, 4.69) is 25.1 Å². The van der Waals surface area contributed by atoms with Gasteiger partial charge in [-0.1, -0.05) is 59.7 Å². The molecule has 3 aromatic carbocycles. The van der Waals surface area contributed by atoms with Crippen molar-refractivity contribution in [2.45, 2.75) is 82.1 Å². The van der Waals surface area contributed by atoms with Gasteiger partial charge in [0.25, 0.3) is 11.1 Å². The van der Waals surface area contributed by atoms with E-state index in [1.807, 2.05) is 54.6 Å². The predicted octanol–water partition coefficient (Wildman–Crippen LogP) is 4.64. The van der Waals surface area contributed by atoms with E-state index in [-0.39, 0.29) is 30.6 Å². The summed E-state index contributed by atoms with van der Waals surface area (Å²) in [6.07, 6.45) is -3.23. The molecular formula is C45H51N8O14P. The molecular weight excluding hydrogens is 908 g/mol. The minimum atomic E-state index is -4.74. The highest BCUT2D eigenvalue weighted by atomic mass is 31.2. The third-order valence-corrected chi connectivity index (χ3v) is 13.5. The van der Waals surface area contributed by atoms with E-state index in [0.29, 0.717) is 28.2 Å². The quantitative estimate of drug-likeness (QED) is 0.0254. The van der Waals surface area contributed by atoms with Gasteiger partial charge in [-0.05, 0) is 67.3 Å². The molecule has 0 aliphatic carbocycles. The number of methoxy groups -OCH3 is 3. The first kappa shape index (κ1) is 49.3. The number of aromatic amines is 2. The fourth-order valence-corrected chi connectivity index (χ4v) is 9.85. The summed E-state index contributed by atoms with van der Waals surface area (Å²) < 4.78 is 65.7. The number of hydrogen-bond acceptors (Lipinski definition) is 15. The number of aromatic nitrogens is 4. The maximum absolute atomic E-state index is 15.2. The van der Waals surface area contributed by atoms with Crippen molar-refractivity contribution in [1.82, 2.24) is 24.2 Å². The Bertz CT molecular complexity index is 2870. The summed E-state index contributed by atoms with van der Waals surface area (Å²) in [7, 11) is -0.485. The Morgan fingerprint density at radius 3 is 1.84 bits per heavy atom. The van der Waals surface area contributed by atoms with Crippen LogP contribution in [0.25, 0.3) is 10.4 Å². The van der Waals surface area contributed by atoms with E-state index >= 15 is 4.57 Å². The van der Waals surface area contributed by atoms with Gasteiger partial charge in [-0.15, -0.1) is 0 Å². The van der Waals surface area contributed by atoms with Crippen LogP contribution in [0, 0.1) is 13.8 Å². The van der Waals surface area contributed by atoms with Crippen LogP contribution in [0.5, 0.6) is 11.5 Å². The van der Waals surface area contributed by atoms with Crippen LogP contribution in [0.4, 0.5) is 0 Å². The topological polar surface area (TPSA) is 278 Å². The fraction of sp³-hybridized carbons (Fsp3) is 0.400. The van der Waals surface area contributed by atoms with Crippen LogP contribution in [0.1, 0.15) is 60.0 Å². The molecule has 4 heterocycles. The van der Waals surface area contributed by atoms with Crippen LogP contribution < -0.4 is 37.1 Å². The standard InChI is InChI=1S/C45H51N8O14P/c1-26-22-52(43(57)47-40(26)54)38-20-34(49-51-46)36(65-38)25-64-68(59,50-28(3)42(56)62-6)67-35-21-39(53-23-27(2)41(55)48-44(53)58)66-37(35)24-63-45(29-10-8-7-9-11-29,30-12-16-32(60-4)17-13-30)31-14-18-33(61-5)19-15-31/h7-19,22-23,28,34-39H,20-21,24-25H2,1-6H3,(H,50,59)(H,47,54,57)(H,48,55,58)/t28-,34-,35-,36+,37+,38+,39+,68?/m0/s1. The fourth-order valence-electron chi connectivity index (χ4n) is 8.15. The van der Waals surface area contributed by atoms with E-state index in [4.69, 9.17) is 37.5 Å². The van der Waals surface area contributed by atoms with Gasteiger partial charge in [0.2, 0.25) is 0 Å². The van der Waals surface area contributed by atoms with Crippen molar-refractivity contribution in [2.75, 3.05) is 34.5 Å². The van der Waals surface area contributed by atoms with E-state index in [0.717, 1.165) is 11.7 Å². The van der Waals surface area contributed by atoms with Gasteiger partial charge < -0.3 is 28.4 Å². The number of carbonyl (C=O) groups excluding carboxylic acids is 1. The zero-order valence-corrected chi connectivity index (χ0v) is 38.8. The molecule has 0 radical (unpaired) electrons. The maximum atomic E-state index is 15.2. The molecule has 7 rings (SSSR count). The van der Waals surface area contributed by atoms with Crippen molar-refractivity contribution in [3.63, 3.8) is 0 Å². The SMILES string of the molecule is COC(=O)[C@H](C)NP(=O)(OC[C@H]1O[C@@H](n2cc(C)c(=O)[nH]c2=O)C[C@@H]1N=[N+]=[N-])O[C@H]1C[C@H](n2cc(C)c(=O)[nH]c2=O)O[C@@H]1COC(c1ccccc1)(c1ccc(OC)cc1)c1ccc(OC)cc1. The summed E-state index contributed by atoms with van der Waals surface area (Å²) in [6, 6.07) is 21.8. The molecule has 0 spiro atoms. The molecule has 5 aromatic rings. The average molecular weight is 959 g/mol. The number of aryl methyl sites for hydroxylation is 2. The predicted molar refractivity (Wildman–Crippen MR) is 243 cm³/mol. The van der Waals surface area contributed by atoms with Crippen molar-refractivity contribution >= 4 is 13.7 Å². The van der Waals surface area contributed by atoms with Crippen molar-refractivity contribution in [2.24, 2.45) is 5.11 Å². The number of esters is 1. The molecule has 0 saturated carbocycles. The summed E-state index contributed by atoms with van der Waals surface area (Å²) in [5.74, 6) is 0.366. The van der Waals surface area contributed by atoms with Gasteiger partial charge in [0.05, 0.1) is 46.7 Å². The van der Waals surface area contributed by atoms with E-state index in [1.165, 1.54) is 37.7 Å². The summed E-state index contributed by atoms with van der Waals surface area (Å²) in [4.78, 5) is 70.9. The third kappa shape index (κ3) is 10.6. The van der Waals surface area contributed by atoms with Crippen molar-refractivity contribution in [3.05, 3.63) is 171 Å². The Labute approximate surface area is 388 Å². The van der Waals surface area contributed by atoms with Crippen LogP contribution in [0.2, 0.25) is 0 Å². The molecule has 2 aliphatic rings. The van der Waals surface area contributed by atoms with Crippen LogP contribution >= 0.6 is 7.75 Å². The highest BCUT2D eigenvalue weighted by Gasteiger charge is 2.47.